The maximum absolute atomic E-state index is 5.75. The van der Waals surface area contributed by atoms with E-state index in [1.54, 1.807) is 28.4 Å². The van der Waals surface area contributed by atoms with E-state index in [4.69, 9.17) is 18.9 Å². The van der Waals surface area contributed by atoms with E-state index < -0.39 is 5.79 Å². The number of benzene rings is 1. The lowest BCUT2D eigenvalue weighted by Gasteiger charge is -2.49. The number of methoxy groups -OCH3 is 4. The van der Waals surface area contributed by atoms with Crippen molar-refractivity contribution in [1.82, 2.24) is 4.90 Å². The van der Waals surface area contributed by atoms with Crippen LogP contribution in [0.5, 0.6) is 11.5 Å². The van der Waals surface area contributed by atoms with Crippen LogP contribution in [0.4, 0.5) is 0 Å². The summed E-state index contributed by atoms with van der Waals surface area (Å²) < 4.78 is 22.4. The number of hydrogen-bond donors (Lipinski definition) is 0. The fourth-order valence-corrected chi connectivity index (χ4v) is 4.65. The Bertz CT molecular complexity index is 587. The number of ether oxygens (including phenoxy) is 4. The minimum atomic E-state index is -0.469. The average Bonchev–Trinajstić information content (AvgIpc) is 2.98. The molecule has 1 saturated carbocycles. The summed E-state index contributed by atoms with van der Waals surface area (Å²) >= 11 is 0. The minimum absolute atomic E-state index is 0.120. The molecule has 1 aromatic rings. The van der Waals surface area contributed by atoms with Gasteiger partial charge in [0.1, 0.15) is 0 Å². The molecule has 5 heteroatoms. The van der Waals surface area contributed by atoms with Crippen molar-refractivity contribution in [3.8, 4) is 11.5 Å². The second-order valence-corrected chi connectivity index (χ2v) is 7.00. The molecule has 1 aliphatic carbocycles. The first kappa shape index (κ1) is 17.5. The zero-order valence-corrected chi connectivity index (χ0v) is 15.4. The number of rotatable bonds is 5. The smallest absolute Gasteiger partial charge is 0.169 e. The highest BCUT2D eigenvalue weighted by Crippen LogP contribution is 2.52. The largest absolute Gasteiger partial charge is 0.493 e. The summed E-state index contributed by atoms with van der Waals surface area (Å²) in [6.07, 6.45) is 3.97. The van der Waals surface area contributed by atoms with Crippen molar-refractivity contribution in [2.45, 2.75) is 42.9 Å². The monoisotopic (exact) mass is 335 g/mol. The Morgan fingerprint density at radius 1 is 0.958 bits per heavy atom. The molecular weight excluding hydrogens is 306 g/mol. The normalized spacial score (nSPS) is 29.3. The Hall–Kier alpha value is -1.30. The molecule has 1 saturated heterocycles. The van der Waals surface area contributed by atoms with E-state index in [1.807, 2.05) is 6.07 Å². The third-order valence-corrected chi connectivity index (χ3v) is 6.24. The summed E-state index contributed by atoms with van der Waals surface area (Å²) in [7, 11) is 9.08. The molecule has 2 fully saturated rings. The van der Waals surface area contributed by atoms with Crippen molar-refractivity contribution < 1.29 is 18.9 Å². The molecule has 0 radical (unpaired) electrons. The standard InChI is InChI=1S/C19H29NO4/c1-20-11-10-18(8-9-19(23-4,24-5)13-17(18)20)14-6-7-15(21-2)16(12-14)22-3/h6-7,12,17H,8-11,13H2,1-5H3/t17-,18-/m0/s1. The van der Waals surface area contributed by atoms with Crippen molar-refractivity contribution in [3.63, 3.8) is 0 Å². The third-order valence-electron chi connectivity index (χ3n) is 6.24. The van der Waals surface area contributed by atoms with Gasteiger partial charge in [-0.2, -0.15) is 0 Å². The van der Waals surface area contributed by atoms with Crippen LogP contribution in [-0.2, 0) is 14.9 Å². The molecule has 134 valence electrons. The lowest BCUT2D eigenvalue weighted by atomic mass is 9.64. The highest BCUT2D eigenvalue weighted by molar-refractivity contribution is 5.46. The molecule has 1 aromatic carbocycles. The molecule has 0 amide bonds. The fourth-order valence-electron chi connectivity index (χ4n) is 4.65. The van der Waals surface area contributed by atoms with Gasteiger partial charge in [0, 0.05) is 38.5 Å². The lowest BCUT2D eigenvalue weighted by Crippen LogP contribution is -2.53. The Morgan fingerprint density at radius 2 is 1.67 bits per heavy atom. The number of nitrogens with zero attached hydrogens (tertiary/aromatic N) is 1. The first-order chi connectivity index (χ1) is 11.5. The van der Waals surface area contributed by atoms with Crippen molar-refractivity contribution in [2.75, 3.05) is 42.0 Å². The van der Waals surface area contributed by atoms with Crippen LogP contribution in [0.1, 0.15) is 31.2 Å². The molecule has 1 aliphatic heterocycles. The van der Waals surface area contributed by atoms with Gasteiger partial charge in [-0.1, -0.05) is 6.07 Å². The summed E-state index contributed by atoms with van der Waals surface area (Å²) in [5, 5.41) is 0. The van der Waals surface area contributed by atoms with Crippen LogP contribution in [0.2, 0.25) is 0 Å². The highest BCUT2D eigenvalue weighted by atomic mass is 16.7. The van der Waals surface area contributed by atoms with Crippen LogP contribution in [0.15, 0.2) is 18.2 Å². The molecule has 0 aromatic heterocycles. The van der Waals surface area contributed by atoms with Crippen molar-refractivity contribution in [1.29, 1.82) is 0 Å². The Balaban J connectivity index is 1.99. The second-order valence-electron chi connectivity index (χ2n) is 7.00. The number of hydrogen-bond acceptors (Lipinski definition) is 5. The maximum atomic E-state index is 5.75. The Morgan fingerprint density at radius 3 is 2.29 bits per heavy atom. The summed E-state index contributed by atoms with van der Waals surface area (Å²) in [6.45, 7) is 1.09. The van der Waals surface area contributed by atoms with E-state index in [-0.39, 0.29) is 5.41 Å². The lowest BCUT2D eigenvalue weighted by molar-refractivity contribution is -0.236. The molecule has 24 heavy (non-hydrogen) atoms. The van der Waals surface area contributed by atoms with E-state index >= 15 is 0 Å². The summed E-state index contributed by atoms with van der Waals surface area (Å²) in [4.78, 5) is 2.45. The third kappa shape index (κ3) is 2.59. The first-order valence-corrected chi connectivity index (χ1v) is 8.57. The zero-order valence-electron chi connectivity index (χ0n) is 15.4. The van der Waals surface area contributed by atoms with Crippen LogP contribution in [0.3, 0.4) is 0 Å². The molecule has 3 rings (SSSR count). The fraction of sp³-hybridized carbons (Fsp3) is 0.684. The van der Waals surface area contributed by atoms with E-state index in [0.29, 0.717) is 6.04 Å². The molecule has 0 unspecified atom stereocenters. The van der Waals surface area contributed by atoms with Crippen LogP contribution in [0, 0.1) is 0 Å². The first-order valence-electron chi connectivity index (χ1n) is 8.57. The van der Waals surface area contributed by atoms with Crippen LogP contribution < -0.4 is 9.47 Å². The Kier molecular flexibility index (Phi) is 4.78. The molecule has 1 heterocycles. The Labute approximate surface area is 144 Å². The van der Waals surface area contributed by atoms with Gasteiger partial charge >= 0.3 is 0 Å². The summed E-state index contributed by atoms with van der Waals surface area (Å²) in [5.74, 6) is 1.11. The number of fused-ring (bicyclic) bond motifs is 1. The zero-order chi connectivity index (χ0) is 17.4. The molecular formula is C19H29NO4. The minimum Gasteiger partial charge on any atom is -0.493 e. The van der Waals surface area contributed by atoms with E-state index in [1.165, 1.54) is 5.56 Å². The van der Waals surface area contributed by atoms with Gasteiger partial charge < -0.3 is 23.8 Å². The van der Waals surface area contributed by atoms with Crippen molar-refractivity contribution in [3.05, 3.63) is 23.8 Å². The molecule has 0 bridgehead atoms. The van der Waals surface area contributed by atoms with Gasteiger partial charge in [-0.3, -0.25) is 0 Å². The number of likely N-dealkylation sites (N-methyl/N-ethyl adjacent to an activating group) is 1. The average molecular weight is 335 g/mol. The predicted molar refractivity (Wildman–Crippen MR) is 92.9 cm³/mol. The van der Waals surface area contributed by atoms with Crippen LogP contribution >= 0.6 is 0 Å². The van der Waals surface area contributed by atoms with E-state index in [9.17, 15) is 0 Å². The van der Waals surface area contributed by atoms with Gasteiger partial charge in [0.25, 0.3) is 0 Å². The SMILES string of the molecule is COc1ccc([C@]23CCN(C)[C@H]2CC(OC)(OC)CC3)cc1OC. The quantitative estimate of drug-likeness (QED) is 0.774. The van der Waals surface area contributed by atoms with Crippen molar-refractivity contribution >= 4 is 0 Å². The van der Waals surface area contributed by atoms with Crippen LogP contribution in [0.25, 0.3) is 0 Å². The summed E-state index contributed by atoms with van der Waals surface area (Å²) in [6, 6.07) is 6.76. The predicted octanol–water partition coefficient (Wildman–Crippen LogP) is 2.82. The van der Waals surface area contributed by atoms with Crippen LogP contribution in [-0.4, -0.2) is 58.8 Å². The maximum Gasteiger partial charge on any atom is 0.169 e. The van der Waals surface area contributed by atoms with Gasteiger partial charge in [0.15, 0.2) is 17.3 Å². The topological polar surface area (TPSA) is 40.2 Å². The number of likely N-dealkylation sites (tertiary alicyclic amines) is 1. The van der Waals surface area contributed by atoms with Gasteiger partial charge in [-0.05, 0) is 44.1 Å². The second kappa shape index (κ2) is 6.54. The molecule has 2 aliphatic rings. The van der Waals surface area contributed by atoms with Gasteiger partial charge in [-0.25, -0.2) is 0 Å². The van der Waals surface area contributed by atoms with E-state index in [0.717, 1.165) is 43.7 Å². The molecule has 0 N–H and O–H groups in total. The van der Waals surface area contributed by atoms with Gasteiger partial charge in [-0.15, -0.1) is 0 Å². The van der Waals surface area contributed by atoms with Gasteiger partial charge in [0.05, 0.1) is 14.2 Å². The molecule has 2 atom stereocenters. The highest BCUT2D eigenvalue weighted by Gasteiger charge is 2.55. The van der Waals surface area contributed by atoms with E-state index in [2.05, 4.69) is 24.1 Å². The molecule has 5 nitrogen and oxygen atoms in total. The summed E-state index contributed by atoms with van der Waals surface area (Å²) in [5.41, 5.74) is 1.45. The molecule has 0 spiro atoms. The van der Waals surface area contributed by atoms with Crippen molar-refractivity contribution in [2.24, 2.45) is 0 Å². The van der Waals surface area contributed by atoms with Gasteiger partial charge in [0.2, 0.25) is 0 Å².